The molecule has 1 aromatic carbocycles. The van der Waals surface area contributed by atoms with Crippen molar-refractivity contribution in [2.24, 2.45) is 5.41 Å². The van der Waals surface area contributed by atoms with Gasteiger partial charge in [-0.3, -0.25) is 4.79 Å². The Bertz CT molecular complexity index is 1070. The van der Waals surface area contributed by atoms with Gasteiger partial charge in [-0.1, -0.05) is 13.8 Å². The first-order valence-corrected chi connectivity index (χ1v) is 10.6. The number of pyridine rings is 1. The highest BCUT2D eigenvalue weighted by atomic mass is 16.5. The van der Waals surface area contributed by atoms with Crippen LogP contribution in [0.25, 0.3) is 11.3 Å². The normalized spacial score (nSPS) is 20.5. The van der Waals surface area contributed by atoms with Crippen molar-refractivity contribution >= 4 is 5.97 Å². The van der Waals surface area contributed by atoms with Gasteiger partial charge in [-0.25, -0.2) is 4.79 Å². The molecule has 1 aliphatic carbocycles. The zero-order valence-electron chi connectivity index (χ0n) is 18.4. The van der Waals surface area contributed by atoms with E-state index in [4.69, 9.17) is 14.2 Å². The summed E-state index contributed by atoms with van der Waals surface area (Å²) in [6, 6.07) is 5.46. The molecule has 0 bridgehead atoms. The second-order valence-electron chi connectivity index (χ2n) is 9.01. The Morgan fingerprint density at radius 1 is 1.19 bits per heavy atom. The third-order valence-corrected chi connectivity index (χ3v) is 6.65. The van der Waals surface area contributed by atoms with E-state index in [0.717, 1.165) is 36.1 Å². The van der Waals surface area contributed by atoms with Crippen LogP contribution < -0.4 is 14.9 Å². The van der Waals surface area contributed by atoms with E-state index in [1.165, 1.54) is 12.3 Å². The van der Waals surface area contributed by atoms with E-state index in [1.54, 1.807) is 14.2 Å². The highest BCUT2D eigenvalue weighted by molar-refractivity contribution is 5.88. The van der Waals surface area contributed by atoms with Gasteiger partial charge in [-0.05, 0) is 36.0 Å². The molecular weight excluding hydrogens is 398 g/mol. The lowest BCUT2D eigenvalue weighted by molar-refractivity contribution is 0.0693. The first kappa shape index (κ1) is 21.4. The second kappa shape index (κ2) is 8.04. The molecule has 7 heteroatoms. The van der Waals surface area contributed by atoms with Crippen LogP contribution in [-0.4, -0.2) is 43.1 Å². The fourth-order valence-electron chi connectivity index (χ4n) is 5.19. The number of rotatable bonds is 7. The lowest BCUT2D eigenvalue weighted by Crippen LogP contribution is -2.32. The number of aromatic nitrogens is 1. The average molecular weight is 427 g/mol. The molecule has 0 amide bonds. The molecule has 1 aromatic heterocycles. The number of fused-ring (bicyclic) bond motifs is 6. The van der Waals surface area contributed by atoms with E-state index >= 15 is 0 Å². The van der Waals surface area contributed by atoms with Crippen molar-refractivity contribution < 1.29 is 24.1 Å². The van der Waals surface area contributed by atoms with E-state index in [1.807, 2.05) is 16.7 Å². The molecule has 166 valence electrons. The molecule has 1 fully saturated rings. The number of carboxylic acids is 1. The van der Waals surface area contributed by atoms with Gasteiger partial charge in [0.25, 0.3) is 0 Å². The Morgan fingerprint density at radius 3 is 2.65 bits per heavy atom. The van der Waals surface area contributed by atoms with Crippen molar-refractivity contribution in [3.63, 3.8) is 0 Å². The van der Waals surface area contributed by atoms with Gasteiger partial charge in [0, 0.05) is 49.9 Å². The number of benzene rings is 1. The van der Waals surface area contributed by atoms with Gasteiger partial charge in [-0.15, -0.1) is 0 Å². The molecule has 1 N–H and O–H groups in total. The van der Waals surface area contributed by atoms with Gasteiger partial charge in [0.1, 0.15) is 5.56 Å². The van der Waals surface area contributed by atoms with E-state index in [-0.39, 0.29) is 22.9 Å². The molecule has 2 aromatic rings. The van der Waals surface area contributed by atoms with Gasteiger partial charge in [0.05, 0.1) is 19.4 Å². The van der Waals surface area contributed by atoms with Crippen molar-refractivity contribution in [1.82, 2.24) is 4.57 Å². The zero-order chi connectivity index (χ0) is 22.3. The first-order valence-electron chi connectivity index (χ1n) is 10.6. The minimum absolute atomic E-state index is 0.0403. The van der Waals surface area contributed by atoms with Gasteiger partial charge >= 0.3 is 5.97 Å². The summed E-state index contributed by atoms with van der Waals surface area (Å²) in [5, 5.41) is 9.51. The molecule has 0 spiro atoms. The average Bonchev–Trinajstić information content (AvgIpc) is 3.05. The summed E-state index contributed by atoms with van der Waals surface area (Å²) in [5.74, 6) is 0.275. The molecule has 1 aliphatic heterocycles. The van der Waals surface area contributed by atoms with Crippen LogP contribution in [0.1, 0.15) is 61.0 Å². The quantitative estimate of drug-likeness (QED) is 0.670. The highest BCUT2D eigenvalue weighted by Crippen LogP contribution is 2.59. The Morgan fingerprint density at radius 2 is 1.97 bits per heavy atom. The third-order valence-electron chi connectivity index (χ3n) is 6.65. The van der Waals surface area contributed by atoms with Crippen LogP contribution in [0.15, 0.2) is 29.2 Å². The maximum Gasteiger partial charge on any atom is 0.341 e. The van der Waals surface area contributed by atoms with Crippen LogP contribution in [0.4, 0.5) is 0 Å². The predicted octanol–water partition coefficient (Wildman–Crippen LogP) is 4.10. The summed E-state index contributed by atoms with van der Waals surface area (Å²) in [7, 11) is 3.26. The molecule has 2 atom stereocenters. The lowest BCUT2D eigenvalue weighted by Gasteiger charge is -2.40. The number of ether oxygens (including phenoxy) is 3. The topological polar surface area (TPSA) is 87.0 Å². The van der Waals surface area contributed by atoms with E-state index < -0.39 is 11.4 Å². The van der Waals surface area contributed by atoms with Gasteiger partial charge in [0.2, 0.25) is 0 Å². The van der Waals surface area contributed by atoms with Crippen LogP contribution in [0.5, 0.6) is 11.5 Å². The molecule has 4 rings (SSSR count). The van der Waals surface area contributed by atoms with Crippen LogP contribution in [0.3, 0.4) is 0 Å². The fourth-order valence-corrected chi connectivity index (χ4v) is 5.19. The molecule has 2 aliphatic rings. The largest absolute Gasteiger partial charge is 0.493 e. The summed E-state index contributed by atoms with van der Waals surface area (Å²) in [6.07, 6.45) is 4.28. The Kier molecular flexibility index (Phi) is 5.56. The number of hydrogen-bond acceptors (Lipinski definition) is 5. The second-order valence-corrected chi connectivity index (χ2v) is 9.01. The number of nitrogens with zero attached hydrogens (tertiary/aromatic N) is 1. The molecule has 0 radical (unpaired) electrons. The van der Waals surface area contributed by atoms with Crippen molar-refractivity contribution in [2.75, 3.05) is 27.4 Å². The minimum atomic E-state index is -1.20. The minimum Gasteiger partial charge on any atom is -0.493 e. The van der Waals surface area contributed by atoms with Crippen molar-refractivity contribution in [2.45, 2.75) is 45.1 Å². The molecule has 0 unspecified atom stereocenters. The van der Waals surface area contributed by atoms with Gasteiger partial charge < -0.3 is 23.9 Å². The maximum atomic E-state index is 12.6. The summed E-state index contributed by atoms with van der Waals surface area (Å²) < 4.78 is 18.7. The van der Waals surface area contributed by atoms with E-state index in [0.29, 0.717) is 24.7 Å². The monoisotopic (exact) mass is 427 g/mol. The van der Waals surface area contributed by atoms with Crippen molar-refractivity contribution in [3.05, 3.63) is 45.7 Å². The van der Waals surface area contributed by atoms with Crippen LogP contribution in [0, 0.1) is 5.41 Å². The van der Waals surface area contributed by atoms with Crippen LogP contribution >= 0.6 is 0 Å². The van der Waals surface area contributed by atoms with Crippen LogP contribution in [-0.2, 0) is 4.74 Å². The molecule has 1 saturated carbocycles. The SMILES string of the molecule is COCCCOc1cc2c(cc1OC)-c1cc(=O)c(C(=O)O)cn1[C@H]1[C@@H]2CCC1(C)C. The number of carbonyl (C=O) groups is 1. The molecule has 7 nitrogen and oxygen atoms in total. The number of methoxy groups -OCH3 is 2. The maximum absolute atomic E-state index is 12.6. The fraction of sp³-hybridized carbons (Fsp3) is 0.500. The predicted molar refractivity (Wildman–Crippen MR) is 116 cm³/mol. The highest BCUT2D eigenvalue weighted by Gasteiger charge is 2.47. The van der Waals surface area contributed by atoms with Crippen LogP contribution in [0.2, 0.25) is 0 Å². The molecule has 2 heterocycles. The number of carboxylic acid groups (broad SMARTS) is 1. The Labute approximate surface area is 181 Å². The van der Waals surface area contributed by atoms with Gasteiger partial charge in [0.15, 0.2) is 16.9 Å². The molecule has 31 heavy (non-hydrogen) atoms. The smallest absolute Gasteiger partial charge is 0.341 e. The lowest BCUT2D eigenvalue weighted by atomic mass is 9.77. The summed E-state index contributed by atoms with van der Waals surface area (Å²) >= 11 is 0. The summed E-state index contributed by atoms with van der Waals surface area (Å²) in [6.45, 7) is 5.54. The number of aromatic carboxylic acids is 1. The molecule has 0 saturated heterocycles. The van der Waals surface area contributed by atoms with Crippen molar-refractivity contribution in [3.8, 4) is 22.8 Å². The zero-order valence-corrected chi connectivity index (χ0v) is 18.4. The standard InChI is InChI=1S/C24H29NO6/c1-24(2)7-6-14-15-10-21(31-9-5-8-29-3)20(30-4)11-16(15)18-12-19(26)17(23(27)28)13-25(18)22(14)24/h10-14,22H,5-9H2,1-4H3,(H,27,28)/t14-,22+/m1/s1. The first-order chi connectivity index (χ1) is 14.8. The Hall–Kier alpha value is -2.80. The van der Waals surface area contributed by atoms with Crippen molar-refractivity contribution in [1.29, 1.82) is 0 Å². The Balaban J connectivity index is 1.88. The molecular formula is C24H29NO6. The van der Waals surface area contributed by atoms with E-state index in [9.17, 15) is 14.7 Å². The summed E-state index contributed by atoms with van der Waals surface area (Å²) in [5.41, 5.74) is 2.03. The summed E-state index contributed by atoms with van der Waals surface area (Å²) in [4.78, 5) is 24.2. The van der Waals surface area contributed by atoms with E-state index in [2.05, 4.69) is 13.8 Å². The van der Waals surface area contributed by atoms with Gasteiger partial charge in [-0.2, -0.15) is 0 Å². The third kappa shape index (κ3) is 3.61. The number of hydrogen-bond donors (Lipinski definition) is 1.